The molecule has 0 atom stereocenters. The Morgan fingerprint density at radius 3 is 2.35 bits per heavy atom. The Hall–Kier alpha value is -2.94. The van der Waals surface area contributed by atoms with Crippen molar-refractivity contribution in [2.45, 2.75) is 52.0 Å². The van der Waals surface area contributed by atoms with E-state index >= 15 is 0 Å². The molecule has 2 aliphatic heterocycles. The van der Waals surface area contributed by atoms with Crippen molar-refractivity contribution in [3.63, 3.8) is 0 Å². The number of rotatable bonds is 8. The number of anilines is 1. The summed E-state index contributed by atoms with van der Waals surface area (Å²) in [4.78, 5) is 21.2. The molecule has 3 aromatic rings. The average Bonchev–Trinajstić information content (AvgIpc) is 2.96. The van der Waals surface area contributed by atoms with E-state index < -0.39 is 0 Å². The first kappa shape index (κ1) is 28.6. The lowest BCUT2D eigenvalue weighted by Crippen LogP contribution is -2.34. The Labute approximate surface area is 245 Å². The minimum Gasteiger partial charge on any atom is -0.469 e. The van der Waals surface area contributed by atoms with Gasteiger partial charge in [-0.05, 0) is 93.9 Å². The fourth-order valence-electron chi connectivity index (χ4n) is 5.42. The quantitative estimate of drug-likeness (QED) is 0.270. The van der Waals surface area contributed by atoms with Crippen LogP contribution in [0.2, 0.25) is 10.0 Å². The van der Waals surface area contributed by atoms with Crippen molar-refractivity contribution in [1.82, 2.24) is 20.1 Å². The highest BCUT2D eigenvalue weighted by Crippen LogP contribution is 2.33. The molecule has 0 radical (unpaired) electrons. The molecule has 0 spiro atoms. The van der Waals surface area contributed by atoms with Crippen LogP contribution in [0.5, 0.6) is 11.8 Å². The Bertz CT molecular complexity index is 1300. The first-order valence-corrected chi connectivity index (χ1v) is 14.7. The van der Waals surface area contributed by atoms with E-state index in [-0.39, 0.29) is 5.97 Å². The molecule has 2 fully saturated rings. The first-order valence-electron chi connectivity index (χ1n) is 13.9. The zero-order valence-electron chi connectivity index (χ0n) is 23.0. The van der Waals surface area contributed by atoms with Crippen LogP contribution >= 0.6 is 23.2 Å². The van der Waals surface area contributed by atoms with Crippen LogP contribution in [0, 0.1) is 12.8 Å². The van der Waals surface area contributed by atoms with Crippen LogP contribution in [0.25, 0.3) is 11.3 Å². The predicted octanol–water partition coefficient (Wildman–Crippen LogP) is 6.71. The number of aromatic nitrogens is 3. The van der Waals surface area contributed by atoms with Gasteiger partial charge in [0.15, 0.2) is 5.82 Å². The zero-order valence-corrected chi connectivity index (χ0v) is 24.5. The number of carbonyl (C=O) groups is 1. The molecule has 5 rings (SSSR count). The summed E-state index contributed by atoms with van der Waals surface area (Å²) in [5, 5.41) is 9.87. The second-order valence-electron chi connectivity index (χ2n) is 10.6. The summed E-state index contributed by atoms with van der Waals surface area (Å²) in [6.07, 6.45) is 6.01. The van der Waals surface area contributed by atoms with Gasteiger partial charge >= 0.3 is 5.97 Å². The lowest BCUT2D eigenvalue weighted by atomic mass is 9.93. The number of carbonyl (C=O) groups excluding carboxylic acids is 1. The van der Waals surface area contributed by atoms with Gasteiger partial charge < -0.3 is 14.4 Å². The summed E-state index contributed by atoms with van der Waals surface area (Å²) in [7, 11) is 1.45. The lowest BCUT2D eigenvalue weighted by molar-refractivity contribution is -0.142. The van der Waals surface area contributed by atoms with Gasteiger partial charge in [-0.2, -0.15) is 0 Å². The van der Waals surface area contributed by atoms with Crippen molar-refractivity contribution < 1.29 is 14.3 Å². The summed E-state index contributed by atoms with van der Waals surface area (Å²) in [5.74, 6) is 1.96. The van der Waals surface area contributed by atoms with E-state index in [1.807, 2.05) is 31.2 Å². The smallest absolute Gasteiger partial charge is 0.305 e. The monoisotopic (exact) mass is 583 g/mol. The number of hydrogen-bond donors (Lipinski definition) is 0. The first-order chi connectivity index (χ1) is 19.4. The van der Waals surface area contributed by atoms with Gasteiger partial charge in [0, 0.05) is 53.3 Å². The minimum atomic E-state index is -0.137. The van der Waals surface area contributed by atoms with E-state index in [2.05, 4.69) is 26.1 Å². The molecule has 8 nitrogen and oxygen atoms in total. The predicted molar refractivity (Wildman–Crippen MR) is 157 cm³/mol. The van der Waals surface area contributed by atoms with Crippen LogP contribution < -0.4 is 9.64 Å². The molecular weight excluding hydrogens is 549 g/mol. The molecule has 10 heteroatoms. The highest BCUT2D eigenvalue weighted by molar-refractivity contribution is 6.35. The van der Waals surface area contributed by atoms with Crippen LogP contribution in [0.15, 0.2) is 36.4 Å². The zero-order chi connectivity index (χ0) is 28.1. The van der Waals surface area contributed by atoms with Crippen molar-refractivity contribution in [3.05, 3.63) is 57.6 Å². The summed E-state index contributed by atoms with van der Waals surface area (Å²) in [5.41, 5.74) is 3.57. The van der Waals surface area contributed by atoms with E-state index in [9.17, 15) is 4.79 Å². The SMILES string of the molecule is COC(=O)CC1CCN(Cc2cc(-c3cc(Cl)cc(Cl)c3)nc(Oc3ccc(N4CCCCC4)nn3)c2C)CC1. The van der Waals surface area contributed by atoms with Crippen LogP contribution in [-0.2, 0) is 16.1 Å². The average molecular weight is 585 g/mol. The highest BCUT2D eigenvalue weighted by Gasteiger charge is 2.23. The summed E-state index contributed by atoms with van der Waals surface area (Å²) in [6, 6.07) is 11.3. The van der Waals surface area contributed by atoms with E-state index in [1.54, 1.807) is 6.07 Å². The molecule has 4 heterocycles. The standard InChI is InChI=1S/C30H35Cl2N5O3/c1-20-23(19-36-12-8-21(9-13-36)14-29(38)39-2)17-26(22-15-24(31)18-25(32)16-22)33-30(20)40-28-7-6-27(34-35-28)37-10-4-3-5-11-37/h6-7,15-18,21H,3-5,8-14,19H2,1-2H3. The number of hydrogen-bond acceptors (Lipinski definition) is 8. The number of likely N-dealkylation sites (tertiary alicyclic amines) is 1. The molecule has 2 aromatic heterocycles. The largest absolute Gasteiger partial charge is 0.469 e. The topological polar surface area (TPSA) is 80.7 Å². The van der Waals surface area contributed by atoms with E-state index in [0.29, 0.717) is 34.1 Å². The van der Waals surface area contributed by atoms with Gasteiger partial charge in [0.1, 0.15) is 0 Å². The Kier molecular flexibility index (Phi) is 9.40. The Balaban J connectivity index is 1.38. The normalized spacial score (nSPS) is 16.6. The maximum atomic E-state index is 11.7. The van der Waals surface area contributed by atoms with Crippen molar-refractivity contribution >= 4 is 35.0 Å². The second kappa shape index (κ2) is 13.1. The van der Waals surface area contributed by atoms with Crippen molar-refractivity contribution in [2.75, 3.05) is 38.2 Å². The Morgan fingerprint density at radius 1 is 0.975 bits per heavy atom. The molecule has 2 saturated heterocycles. The third kappa shape index (κ3) is 7.22. The van der Waals surface area contributed by atoms with Crippen LogP contribution in [0.1, 0.15) is 49.7 Å². The summed E-state index contributed by atoms with van der Waals surface area (Å²) < 4.78 is 11.1. The third-order valence-corrected chi connectivity index (χ3v) is 8.22. The van der Waals surface area contributed by atoms with Crippen LogP contribution in [0.3, 0.4) is 0 Å². The molecule has 0 amide bonds. The number of nitrogens with zero attached hydrogens (tertiary/aromatic N) is 5. The molecule has 0 aliphatic carbocycles. The third-order valence-electron chi connectivity index (χ3n) is 7.79. The summed E-state index contributed by atoms with van der Waals surface area (Å²) in [6.45, 7) is 6.57. The van der Waals surface area contributed by atoms with Gasteiger partial charge in [-0.15, -0.1) is 10.2 Å². The lowest BCUT2D eigenvalue weighted by Gasteiger charge is -2.32. The number of pyridine rings is 1. The van der Waals surface area contributed by atoms with Gasteiger partial charge in [0.25, 0.3) is 0 Å². The highest BCUT2D eigenvalue weighted by atomic mass is 35.5. The number of esters is 1. The molecule has 0 bridgehead atoms. The maximum absolute atomic E-state index is 11.7. The molecule has 212 valence electrons. The van der Waals surface area contributed by atoms with Gasteiger partial charge in [-0.3, -0.25) is 9.69 Å². The van der Waals surface area contributed by atoms with Crippen molar-refractivity contribution in [1.29, 1.82) is 0 Å². The van der Waals surface area contributed by atoms with Gasteiger partial charge in [0.05, 0.1) is 12.8 Å². The second-order valence-corrected chi connectivity index (χ2v) is 11.5. The van der Waals surface area contributed by atoms with E-state index in [1.165, 1.54) is 26.4 Å². The number of benzene rings is 1. The molecule has 1 aromatic carbocycles. The molecular formula is C30H35Cl2N5O3. The van der Waals surface area contributed by atoms with Crippen LogP contribution in [0.4, 0.5) is 5.82 Å². The fraction of sp³-hybridized carbons (Fsp3) is 0.467. The molecule has 0 N–H and O–H groups in total. The molecule has 40 heavy (non-hydrogen) atoms. The van der Waals surface area contributed by atoms with Gasteiger partial charge in [-0.1, -0.05) is 23.2 Å². The van der Waals surface area contributed by atoms with Crippen molar-refractivity contribution in [2.24, 2.45) is 5.92 Å². The van der Waals surface area contributed by atoms with Gasteiger partial charge in [0.2, 0.25) is 11.8 Å². The van der Waals surface area contributed by atoms with Gasteiger partial charge in [-0.25, -0.2) is 4.98 Å². The molecule has 2 aliphatic rings. The summed E-state index contributed by atoms with van der Waals surface area (Å²) >= 11 is 12.7. The fourth-order valence-corrected chi connectivity index (χ4v) is 5.94. The number of piperidine rings is 2. The van der Waals surface area contributed by atoms with E-state index in [0.717, 1.165) is 73.8 Å². The van der Waals surface area contributed by atoms with Crippen LogP contribution in [-0.4, -0.2) is 59.3 Å². The van der Waals surface area contributed by atoms with E-state index in [4.69, 9.17) is 37.7 Å². The number of ether oxygens (including phenoxy) is 2. The Morgan fingerprint density at radius 2 is 1.70 bits per heavy atom. The van der Waals surface area contributed by atoms with Crippen molar-refractivity contribution in [3.8, 4) is 23.0 Å². The number of methoxy groups -OCH3 is 1. The maximum Gasteiger partial charge on any atom is 0.305 e. The molecule has 0 unspecified atom stereocenters. The number of halogens is 2. The molecule has 0 saturated carbocycles. The minimum absolute atomic E-state index is 0.137.